The summed E-state index contributed by atoms with van der Waals surface area (Å²) in [5.74, 6) is 0.613. The number of rotatable bonds is 13. The second-order valence-electron chi connectivity index (χ2n) is 7.31. The van der Waals surface area contributed by atoms with Gasteiger partial charge in [0.25, 0.3) is 5.91 Å². The van der Waals surface area contributed by atoms with E-state index >= 15 is 0 Å². The van der Waals surface area contributed by atoms with Crippen molar-refractivity contribution >= 4 is 16.7 Å². The average Bonchev–Trinajstić information content (AvgIpc) is 2.70. The Labute approximate surface area is 164 Å². The van der Waals surface area contributed by atoms with Gasteiger partial charge in [-0.15, -0.1) is 0 Å². The highest BCUT2D eigenvalue weighted by Gasteiger charge is 2.14. The summed E-state index contributed by atoms with van der Waals surface area (Å²) in [5.41, 5.74) is 0.614. The van der Waals surface area contributed by atoms with Gasteiger partial charge in [-0.3, -0.25) is 4.79 Å². The van der Waals surface area contributed by atoms with E-state index in [1.165, 1.54) is 57.8 Å². The van der Waals surface area contributed by atoms with E-state index in [2.05, 4.69) is 12.2 Å². The molecule has 0 aromatic heterocycles. The second kappa shape index (κ2) is 12.4. The Bertz CT molecular complexity index is 696. The normalized spacial score (nSPS) is 10.9. The number of carbonyl (C=O) groups excluding carboxylic acids is 1. The molecule has 1 amide bonds. The molecule has 2 rings (SSSR count). The van der Waals surface area contributed by atoms with Gasteiger partial charge < -0.3 is 10.1 Å². The van der Waals surface area contributed by atoms with Crippen molar-refractivity contribution in [2.75, 3.05) is 13.7 Å². The summed E-state index contributed by atoms with van der Waals surface area (Å²) in [7, 11) is 1.63. The predicted molar refractivity (Wildman–Crippen MR) is 115 cm³/mol. The summed E-state index contributed by atoms with van der Waals surface area (Å²) in [4.78, 5) is 12.5. The molecule has 0 saturated carbocycles. The summed E-state index contributed by atoms with van der Waals surface area (Å²) >= 11 is 0. The number of methoxy groups -OCH3 is 1. The van der Waals surface area contributed by atoms with Gasteiger partial charge in [-0.2, -0.15) is 0 Å². The quantitative estimate of drug-likeness (QED) is 0.409. The molecule has 0 atom stereocenters. The first-order valence-electron chi connectivity index (χ1n) is 10.6. The van der Waals surface area contributed by atoms with Gasteiger partial charge >= 0.3 is 0 Å². The molecule has 0 spiro atoms. The number of amides is 1. The number of carbonyl (C=O) groups is 1. The third-order valence-electron chi connectivity index (χ3n) is 5.14. The number of nitrogens with one attached hydrogen (secondary N) is 1. The Morgan fingerprint density at radius 3 is 2.15 bits per heavy atom. The molecule has 3 nitrogen and oxygen atoms in total. The van der Waals surface area contributed by atoms with E-state index in [9.17, 15) is 4.79 Å². The minimum Gasteiger partial charge on any atom is -0.495 e. The van der Waals surface area contributed by atoms with Gasteiger partial charge in [0.1, 0.15) is 5.75 Å². The first-order valence-corrected chi connectivity index (χ1v) is 10.6. The zero-order valence-corrected chi connectivity index (χ0v) is 17.1. The summed E-state index contributed by atoms with van der Waals surface area (Å²) < 4.78 is 5.53. The van der Waals surface area contributed by atoms with Gasteiger partial charge in [0.05, 0.1) is 12.7 Å². The van der Waals surface area contributed by atoms with Crippen molar-refractivity contribution in [1.82, 2.24) is 5.32 Å². The third kappa shape index (κ3) is 6.89. The summed E-state index contributed by atoms with van der Waals surface area (Å²) in [6.07, 6.45) is 13.0. The molecule has 148 valence electrons. The van der Waals surface area contributed by atoms with Gasteiger partial charge in [0, 0.05) is 11.9 Å². The molecule has 27 heavy (non-hydrogen) atoms. The molecular weight excluding hydrogens is 334 g/mol. The highest BCUT2D eigenvalue weighted by Crippen LogP contribution is 2.29. The van der Waals surface area contributed by atoms with Gasteiger partial charge in [-0.1, -0.05) is 95.0 Å². The number of fused-ring (bicyclic) bond motifs is 1. The van der Waals surface area contributed by atoms with Crippen LogP contribution in [0.1, 0.15) is 81.5 Å². The Hall–Kier alpha value is -2.03. The van der Waals surface area contributed by atoms with E-state index in [1.807, 2.05) is 36.4 Å². The highest BCUT2D eigenvalue weighted by atomic mass is 16.5. The minimum atomic E-state index is -0.0477. The molecule has 2 aromatic carbocycles. The smallest absolute Gasteiger partial charge is 0.255 e. The van der Waals surface area contributed by atoms with E-state index in [0.717, 1.165) is 23.7 Å². The minimum absolute atomic E-state index is 0.0477. The molecule has 1 N–H and O–H groups in total. The van der Waals surface area contributed by atoms with Crippen LogP contribution in [0.2, 0.25) is 0 Å². The average molecular weight is 370 g/mol. The Morgan fingerprint density at radius 1 is 0.852 bits per heavy atom. The van der Waals surface area contributed by atoms with Crippen molar-refractivity contribution in [2.45, 2.75) is 71.1 Å². The largest absolute Gasteiger partial charge is 0.495 e. The van der Waals surface area contributed by atoms with Crippen molar-refractivity contribution in [3.8, 4) is 5.75 Å². The predicted octanol–water partition coefficient (Wildman–Crippen LogP) is 6.50. The highest BCUT2D eigenvalue weighted by molar-refractivity contribution is 6.03. The lowest BCUT2D eigenvalue weighted by atomic mass is 10.0. The molecule has 0 unspecified atom stereocenters. The Morgan fingerprint density at radius 2 is 1.48 bits per heavy atom. The molecule has 0 aliphatic carbocycles. The van der Waals surface area contributed by atoms with Crippen LogP contribution in [0.25, 0.3) is 10.8 Å². The summed E-state index contributed by atoms with van der Waals surface area (Å²) in [6, 6.07) is 11.8. The third-order valence-corrected chi connectivity index (χ3v) is 5.14. The lowest BCUT2D eigenvalue weighted by molar-refractivity contribution is 0.0950. The number of hydrogen-bond donors (Lipinski definition) is 1. The maximum Gasteiger partial charge on any atom is 0.255 e. The maximum atomic E-state index is 12.5. The maximum absolute atomic E-state index is 12.5. The molecule has 0 radical (unpaired) electrons. The number of benzene rings is 2. The fourth-order valence-electron chi connectivity index (χ4n) is 3.55. The van der Waals surface area contributed by atoms with E-state index in [4.69, 9.17) is 4.74 Å². The van der Waals surface area contributed by atoms with E-state index < -0.39 is 0 Å². The number of unbranched alkanes of at least 4 members (excludes halogenated alkanes) is 9. The van der Waals surface area contributed by atoms with Crippen LogP contribution in [-0.4, -0.2) is 19.6 Å². The molecule has 0 heterocycles. The topological polar surface area (TPSA) is 38.3 Å². The fourth-order valence-corrected chi connectivity index (χ4v) is 3.55. The first-order chi connectivity index (χ1) is 13.3. The van der Waals surface area contributed by atoms with Crippen molar-refractivity contribution in [1.29, 1.82) is 0 Å². The van der Waals surface area contributed by atoms with E-state index in [1.54, 1.807) is 7.11 Å². The Kier molecular flexibility index (Phi) is 9.75. The van der Waals surface area contributed by atoms with Crippen LogP contribution in [0.15, 0.2) is 36.4 Å². The summed E-state index contributed by atoms with van der Waals surface area (Å²) in [5, 5.41) is 5.11. The van der Waals surface area contributed by atoms with Gasteiger partial charge in [0.15, 0.2) is 0 Å². The van der Waals surface area contributed by atoms with Crippen LogP contribution >= 0.6 is 0 Å². The van der Waals surface area contributed by atoms with Crippen molar-refractivity contribution in [3.05, 3.63) is 42.0 Å². The molecule has 0 bridgehead atoms. The molecule has 2 aromatic rings. The lowest BCUT2D eigenvalue weighted by Crippen LogP contribution is -2.25. The van der Waals surface area contributed by atoms with Crippen LogP contribution in [-0.2, 0) is 0 Å². The van der Waals surface area contributed by atoms with E-state index in [0.29, 0.717) is 11.3 Å². The monoisotopic (exact) mass is 369 g/mol. The lowest BCUT2D eigenvalue weighted by Gasteiger charge is -2.12. The van der Waals surface area contributed by atoms with E-state index in [-0.39, 0.29) is 5.91 Å². The Balaban J connectivity index is 1.67. The molecule has 0 aliphatic rings. The van der Waals surface area contributed by atoms with Crippen LogP contribution < -0.4 is 10.1 Å². The van der Waals surface area contributed by atoms with Crippen LogP contribution in [0.5, 0.6) is 5.75 Å². The van der Waals surface area contributed by atoms with Crippen LogP contribution in [0.3, 0.4) is 0 Å². The molecule has 0 aliphatic heterocycles. The number of hydrogen-bond acceptors (Lipinski definition) is 2. The fraction of sp³-hybridized carbons (Fsp3) is 0.542. The van der Waals surface area contributed by atoms with Crippen molar-refractivity contribution in [2.24, 2.45) is 0 Å². The zero-order chi connectivity index (χ0) is 19.3. The molecular formula is C24H35NO2. The second-order valence-corrected chi connectivity index (χ2v) is 7.31. The van der Waals surface area contributed by atoms with Gasteiger partial charge in [0.2, 0.25) is 0 Å². The van der Waals surface area contributed by atoms with Gasteiger partial charge in [-0.25, -0.2) is 0 Å². The van der Waals surface area contributed by atoms with Crippen LogP contribution in [0, 0.1) is 0 Å². The van der Waals surface area contributed by atoms with Gasteiger partial charge in [-0.05, 0) is 17.9 Å². The van der Waals surface area contributed by atoms with Crippen LogP contribution in [0.4, 0.5) is 0 Å². The summed E-state index contributed by atoms with van der Waals surface area (Å²) in [6.45, 7) is 2.99. The molecule has 0 saturated heterocycles. The zero-order valence-electron chi connectivity index (χ0n) is 17.1. The van der Waals surface area contributed by atoms with Crippen molar-refractivity contribution in [3.63, 3.8) is 0 Å². The molecule has 3 heteroatoms. The number of ether oxygens (including phenoxy) is 1. The standard InChI is InChI=1S/C24H35NO2/c1-3-4-5-6-7-8-9-10-11-14-19-25-24(26)22-18-17-20-15-12-13-16-21(20)23(22)27-2/h12-13,15-18H,3-11,14,19H2,1-2H3,(H,25,26). The van der Waals surface area contributed by atoms with Crippen molar-refractivity contribution < 1.29 is 9.53 Å². The molecule has 0 fully saturated rings. The first kappa shape index (κ1) is 21.3. The SMILES string of the molecule is CCCCCCCCCCCCNC(=O)c1ccc2ccccc2c1OC.